The quantitative estimate of drug-likeness (QED) is 0.862. The van der Waals surface area contributed by atoms with E-state index in [0.717, 1.165) is 12.8 Å². The van der Waals surface area contributed by atoms with E-state index in [2.05, 4.69) is 27.5 Å². The van der Waals surface area contributed by atoms with Gasteiger partial charge in [0.15, 0.2) is 0 Å². The number of carbonyl (C=O) groups is 1. The highest BCUT2D eigenvalue weighted by molar-refractivity contribution is 5.75. The van der Waals surface area contributed by atoms with Crippen molar-refractivity contribution in [3.8, 4) is 0 Å². The molecule has 122 valence electrons. The van der Waals surface area contributed by atoms with Gasteiger partial charge in [0.2, 0.25) is 0 Å². The van der Waals surface area contributed by atoms with Crippen LogP contribution in [0.4, 0.5) is 4.79 Å². The lowest BCUT2D eigenvalue weighted by Gasteiger charge is -2.29. The Morgan fingerprint density at radius 2 is 2.30 bits per heavy atom. The number of aliphatic hydroxyl groups excluding tert-OH is 1. The van der Waals surface area contributed by atoms with E-state index in [4.69, 9.17) is 0 Å². The van der Waals surface area contributed by atoms with Crippen LogP contribution in [0, 0.1) is 0 Å². The minimum absolute atomic E-state index is 0.0119. The van der Waals surface area contributed by atoms with Gasteiger partial charge in [-0.3, -0.25) is 4.68 Å². The van der Waals surface area contributed by atoms with E-state index in [1.807, 2.05) is 12.1 Å². The summed E-state index contributed by atoms with van der Waals surface area (Å²) in [5.74, 6) is 0.689. The normalized spacial score (nSPS) is 16.2. The molecular weight excluding hydrogens is 294 g/mol. The molecule has 3 rings (SSSR count). The first-order chi connectivity index (χ1) is 11.2. The van der Waals surface area contributed by atoms with E-state index in [0.29, 0.717) is 18.9 Å². The van der Waals surface area contributed by atoms with Crippen molar-refractivity contribution in [3.63, 3.8) is 0 Å². The molecular formula is C16H21N5O2. The van der Waals surface area contributed by atoms with Crippen LogP contribution in [0.3, 0.4) is 0 Å². The maximum Gasteiger partial charge on any atom is 0.318 e. The number of aryl methyl sites for hydroxylation is 2. The van der Waals surface area contributed by atoms with E-state index in [1.54, 1.807) is 16.6 Å². The largest absolute Gasteiger partial charge is 0.395 e. The second kappa shape index (κ2) is 6.78. The first-order valence-electron chi connectivity index (χ1n) is 7.76. The van der Waals surface area contributed by atoms with E-state index >= 15 is 0 Å². The van der Waals surface area contributed by atoms with Gasteiger partial charge in [0, 0.05) is 13.6 Å². The lowest BCUT2D eigenvalue weighted by molar-refractivity contribution is 0.151. The number of amides is 2. The molecule has 1 heterocycles. The molecule has 1 aromatic carbocycles. The number of nitrogens with zero attached hydrogens (tertiary/aromatic N) is 4. The van der Waals surface area contributed by atoms with Crippen molar-refractivity contribution in [2.75, 3.05) is 13.2 Å². The Morgan fingerprint density at radius 1 is 1.48 bits per heavy atom. The fourth-order valence-electron chi connectivity index (χ4n) is 3.10. The maximum absolute atomic E-state index is 12.6. The van der Waals surface area contributed by atoms with Crippen molar-refractivity contribution in [1.29, 1.82) is 0 Å². The number of hydrogen-bond donors (Lipinski definition) is 2. The van der Waals surface area contributed by atoms with Crippen molar-refractivity contribution in [2.45, 2.75) is 25.4 Å². The molecule has 1 aliphatic rings. The highest BCUT2D eigenvalue weighted by atomic mass is 16.3. The van der Waals surface area contributed by atoms with Gasteiger partial charge in [-0.1, -0.05) is 24.3 Å². The van der Waals surface area contributed by atoms with Gasteiger partial charge < -0.3 is 15.3 Å². The summed E-state index contributed by atoms with van der Waals surface area (Å²) < 4.78 is 1.63. The molecule has 1 unspecified atom stereocenters. The predicted molar refractivity (Wildman–Crippen MR) is 84.5 cm³/mol. The Bertz CT molecular complexity index is 685. The number of fused-ring (bicyclic) bond motifs is 1. The molecule has 0 aliphatic heterocycles. The summed E-state index contributed by atoms with van der Waals surface area (Å²) >= 11 is 0. The van der Waals surface area contributed by atoms with Gasteiger partial charge in [-0.15, -0.1) is 0 Å². The molecule has 2 amide bonds. The zero-order valence-electron chi connectivity index (χ0n) is 13.1. The highest BCUT2D eigenvalue weighted by Crippen LogP contribution is 2.35. The van der Waals surface area contributed by atoms with Crippen molar-refractivity contribution >= 4 is 6.03 Å². The molecule has 0 saturated carbocycles. The number of aromatic nitrogens is 3. The Balaban J connectivity index is 1.71. The van der Waals surface area contributed by atoms with E-state index in [1.165, 1.54) is 17.5 Å². The van der Waals surface area contributed by atoms with Crippen molar-refractivity contribution < 1.29 is 9.90 Å². The summed E-state index contributed by atoms with van der Waals surface area (Å²) in [7, 11) is 1.78. The molecule has 1 aromatic heterocycles. The van der Waals surface area contributed by atoms with Gasteiger partial charge in [0.25, 0.3) is 0 Å². The zero-order valence-corrected chi connectivity index (χ0v) is 13.1. The van der Waals surface area contributed by atoms with Crippen LogP contribution < -0.4 is 5.32 Å². The fourth-order valence-corrected chi connectivity index (χ4v) is 3.10. The molecule has 0 saturated heterocycles. The van der Waals surface area contributed by atoms with Crippen LogP contribution in [0.2, 0.25) is 0 Å². The maximum atomic E-state index is 12.6. The van der Waals surface area contributed by atoms with Gasteiger partial charge in [-0.2, -0.15) is 5.10 Å². The van der Waals surface area contributed by atoms with Gasteiger partial charge in [0.1, 0.15) is 12.2 Å². The van der Waals surface area contributed by atoms with Crippen LogP contribution in [0.15, 0.2) is 30.6 Å². The molecule has 0 radical (unpaired) electrons. The molecule has 7 nitrogen and oxygen atoms in total. The number of urea groups is 1. The van der Waals surface area contributed by atoms with Crippen LogP contribution >= 0.6 is 0 Å². The first kappa shape index (κ1) is 15.5. The smallest absolute Gasteiger partial charge is 0.318 e. The summed E-state index contributed by atoms with van der Waals surface area (Å²) in [5.41, 5.74) is 2.45. The second-order valence-electron chi connectivity index (χ2n) is 5.63. The predicted octanol–water partition coefficient (Wildman–Crippen LogP) is 1.01. The molecule has 0 bridgehead atoms. The van der Waals surface area contributed by atoms with Crippen LogP contribution in [0.25, 0.3) is 0 Å². The van der Waals surface area contributed by atoms with Gasteiger partial charge in [0.05, 0.1) is 19.2 Å². The Hall–Kier alpha value is -2.41. The van der Waals surface area contributed by atoms with E-state index in [9.17, 15) is 9.90 Å². The summed E-state index contributed by atoms with van der Waals surface area (Å²) in [6.45, 7) is 0.561. The number of nitrogens with one attached hydrogen (secondary N) is 1. The lowest BCUT2D eigenvalue weighted by atomic mass is 10.1. The van der Waals surface area contributed by atoms with Crippen LogP contribution in [-0.2, 0) is 20.0 Å². The molecule has 2 N–H and O–H groups in total. The molecule has 7 heteroatoms. The number of hydrogen-bond acceptors (Lipinski definition) is 4. The zero-order chi connectivity index (χ0) is 16.2. The first-order valence-corrected chi connectivity index (χ1v) is 7.76. The van der Waals surface area contributed by atoms with Gasteiger partial charge in [-0.25, -0.2) is 9.78 Å². The van der Waals surface area contributed by atoms with Crippen molar-refractivity contribution in [3.05, 3.63) is 47.5 Å². The monoisotopic (exact) mass is 315 g/mol. The summed E-state index contributed by atoms with van der Waals surface area (Å²) in [6.07, 6.45) is 3.30. The van der Waals surface area contributed by atoms with Crippen LogP contribution in [-0.4, -0.2) is 44.0 Å². The van der Waals surface area contributed by atoms with Crippen LogP contribution in [0.5, 0.6) is 0 Å². The average Bonchev–Trinajstić information content (AvgIpc) is 3.16. The minimum atomic E-state index is -0.191. The van der Waals surface area contributed by atoms with Crippen LogP contribution in [0.1, 0.15) is 29.4 Å². The SMILES string of the molecule is Cn1ncnc1CNC(=O)N(CCO)C1CCc2ccccc21. The summed E-state index contributed by atoms with van der Waals surface area (Å²) in [6, 6.07) is 8.00. The average molecular weight is 315 g/mol. The fraction of sp³-hybridized carbons (Fsp3) is 0.438. The number of carbonyl (C=O) groups excluding carboxylic acids is 1. The topological polar surface area (TPSA) is 83.3 Å². The van der Waals surface area contributed by atoms with Gasteiger partial charge in [-0.05, 0) is 24.0 Å². The van der Waals surface area contributed by atoms with Crippen molar-refractivity contribution in [2.24, 2.45) is 7.05 Å². The highest BCUT2D eigenvalue weighted by Gasteiger charge is 2.30. The third-order valence-corrected chi connectivity index (χ3v) is 4.28. The number of aliphatic hydroxyl groups is 1. The molecule has 1 aliphatic carbocycles. The number of rotatable bonds is 5. The van der Waals surface area contributed by atoms with Gasteiger partial charge >= 0.3 is 6.03 Å². The van der Waals surface area contributed by atoms with Crippen molar-refractivity contribution in [1.82, 2.24) is 25.0 Å². The minimum Gasteiger partial charge on any atom is -0.395 e. The lowest BCUT2D eigenvalue weighted by Crippen LogP contribution is -2.43. The van der Waals surface area contributed by atoms with E-state index in [-0.39, 0.29) is 18.7 Å². The Labute approximate surface area is 134 Å². The second-order valence-corrected chi connectivity index (χ2v) is 5.63. The molecule has 0 fully saturated rings. The third kappa shape index (κ3) is 3.19. The molecule has 2 aromatic rings. The van der Waals surface area contributed by atoms with E-state index < -0.39 is 0 Å². The molecule has 0 spiro atoms. The summed E-state index contributed by atoms with van der Waals surface area (Å²) in [5, 5.41) is 16.2. The molecule has 1 atom stereocenters. The molecule has 23 heavy (non-hydrogen) atoms. The standard InChI is InChI=1S/C16H21N5O2/c1-20-15(18-11-19-20)10-17-16(23)21(8-9-22)14-7-6-12-4-2-3-5-13(12)14/h2-5,11,14,22H,6-10H2,1H3,(H,17,23). The Kier molecular flexibility index (Phi) is 4.57. The number of benzene rings is 1. The third-order valence-electron chi connectivity index (χ3n) is 4.28. The Morgan fingerprint density at radius 3 is 3.04 bits per heavy atom. The summed E-state index contributed by atoms with van der Waals surface area (Å²) in [4.78, 5) is 18.4.